The van der Waals surface area contributed by atoms with Gasteiger partial charge in [-0.3, -0.25) is 9.78 Å². The third-order valence-electron chi connectivity index (χ3n) is 2.49. The van der Waals surface area contributed by atoms with Gasteiger partial charge in [-0.25, -0.2) is 4.79 Å². The van der Waals surface area contributed by atoms with Gasteiger partial charge in [0.25, 0.3) is 5.91 Å². The molecule has 1 amide bonds. The van der Waals surface area contributed by atoms with Gasteiger partial charge in [0, 0.05) is 12.4 Å². The molecule has 0 bridgehead atoms. The predicted octanol–water partition coefficient (Wildman–Crippen LogP) is 2.39. The number of rotatable bonds is 3. The Morgan fingerprint density at radius 3 is 2.60 bits per heavy atom. The van der Waals surface area contributed by atoms with Gasteiger partial charge in [0.05, 0.1) is 21.8 Å². The molecular weight excluding hydrogens is 284 g/mol. The van der Waals surface area contributed by atoms with E-state index in [1.807, 2.05) is 0 Å². The molecule has 1 aromatic carbocycles. The molecule has 0 radical (unpaired) electrons. The second-order valence-corrected chi connectivity index (χ2v) is 4.25. The van der Waals surface area contributed by atoms with Crippen LogP contribution in [-0.2, 0) is 0 Å². The summed E-state index contributed by atoms with van der Waals surface area (Å²) in [5.41, 5.74) is -0.0443. The lowest BCUT2D eigenvalue weighted by atomic mass is 10.1. The highest BCUT2D eigenvalue weighted by Gasteiger charge is 2.16. The number of aromatic nitrogens is 1. The summed E-state index contributed by atoms with van der Waals surface area (Å²) in [7, 11) is 0. The number of carbonyl (C=O) groups excluding carboxylic acids is 1. The van der Waals surface area contributed by atoms with Crippen molar-refractivity contribution < 1.29 is 19.8 Å². The maximum absolute atomic E-state index is 12.0. The number of halogens is 1. The van der Waals surface area contributed by atoms with E-state index >= 15 is 0 Å². The molecule has 7 heteroatoms. The summed E-state index contributed by atoms with van der Waals surface area (Å²) in [5, 5.41) is 20.9. The van der Waals surface area contributed by atoms with E-state index in [4.69, 9.17) is 16.7 Å². The summed E-state index contributed by atoms with van der Waals surface area (Å²) < 4.78 is 0. The molecule has 0 aliphatic rings. The van der Waals surface area contributed by atoms with Gasteiger partial charge in [0.2, 0.25) is 0 Å². The van der Waals surface area contributed by atoms with Crippen molar-refractivity contribution in [2.24, 2.45) is 0 Å². The minimum atomic E-state index is -1.27. The van der Waals surface area contributed by atoms with Crippen LogP contribution < -0.4 is 5.32 Å². The van der Waals surface area contributed by atoms with Crippen molar-refractivity contribution in [3.05, 3.63) is 52.8 Å². The second kappa shape index (κ2) is 5.58. The van der Waals surface area contributed by atoms with Crippen LogP contribution in [0.1, 0.15) is 20.7 Å². The fourth-order valence-electron chi connectivity index (χ4n) is 1.55. The first-order chi connectivity index (χ1) is 9.49. The SMILES string of the molecule is O=C(Nc1ccc(O)cc1C(=O)O)c1cnccc1Cl. The minimum Gasteiger partial charge on any atom is -0.508 e. The number of phenols is 1. The van der Waals surface area contributed by atoms with Gasteiger partial charge in [0.1, 0.15) is 5.75 Å². The maximum atomic E-state index is 12.0. The number of hydrogen-bond acceptors (Lipinski definition) is 4. The quantitative estimate of drug-likeness (QED) is 0.754. The zero-order chi connectivity index (χ0) is 14.7. The molecule has 0 unspecified atom stereocenters. The van der Waals surface area contributed by atoms with Gasteiger partial charge in [0.15, 0.2) is 0 Å². The van der Waals surface area contributed by atoms with Crippen LogP contribution in [0, 0.1) is 0 Å². The molecule has 0 atom stereocenters. The third kappa shape index (κ3) is 2.86. The lowest BCUT2D eigenvalue weighted by Crippen LogP contribution is -2.15. The molecular formula is C13H9ClN2O4. The smallest absolute Gasteiger partial charge is 0.337 e. The van der Waals surface area contributed by atoms with E-state index < -0.39 is 11.9 Å². The number of benzene rings is 1. The molecule has 0 spiro atoms. The Labute approximate surface area is 118 Å². The highest BCUT2D eigenvalue weighted by Crippen LogP contribution is 2.23. The van der Waals surface area contributed by atoms with Crippen LogP contribution in [0.15, 0.2) is 36.7 Å². The van der Waals surface area contributed by atoms with Crippen molar-refractivity contribution in [2.45, 2.75) is 0 Å². The van der Waals surface area contributed by atoms with E-state index in [2.05, 4.69) is 10.3 Å². The van der Waals surface area contributed by atoms with Crippen molar-refractivity contribution in [3.63, 3.8) is 0 Å². The van der Waals surface area contributed by atoms with Crippen molar-refractivity contribution in [1.29, 1.82) is 0 Å². The first kappa shape index (κ1) is 13.8. The monoisotopic (exact) mass is 292 g/mol. The van der Waals surface area contributed by atoms with Crippen LogP contribution in [-0.4, -0.2) is 27.1 Å². The number of aromatic hydroxyl groups is 1. The number of amides is 1. The Hall–Kier alpha value is -2.60. The van der Waals surface area contributed by atoms with Crippen LogP contribution >= 0.6 is 11.6 Å². The van der Waals surface area contributed by atoms with Gasteiger partial charge in [-0.15, -0.1) is 0 Å². The fourth-order valence-corrected chi connectivity index (χ4v) is 1.74. The zero-order valence-corrected chi connectivity index (χ0v) is 10.8. The molecule has 1 aromatic heterocycles. The van der Waals surface area contributed by atoms with Crippen LogP contribution in [0.5, 0.6) is 5.75 Å². The number of carboxylic acid groups (broad SMARTS) is 1. The van der Waals surface area contributed by atoms with Gasteiger partial charge in [-0.1, -0.05) is 11.6 Å². The molecule has 102 valence electrons. The second-order valence-electron chi connectivity index (χ2n) is 3.84. The highest BCUT2D eigenvalue weighted by molar-refractivity contribution is 6.34. The number of phenolic OH excluding ortho intramolecular Hbond substituents is 1. The maximum Gasteiger partial charge on any atom is 0.337 e. The normalized spacial score (nSPS) is 10.1. The number of anilines is 1. The lowest BCUT2D eigenvalue weighted by Gasteiger charge is -2.09. The Morgan fingerprint density at radius 2 is 1.95 bits per heavy atom. The number of aromatic carboxylic acids is 1. The standard InChI is InChI=1S/C13H9ClN2O4/c14-10-3-4-15-6-9(10)12(18)16-11-2-1-7(17)5-8(11)13(19)20/h1-6,17H,(H,16,18)(H,19,20). The number of carbonyl (C=O) groups is 2. The first-order valence-corrected chi connectivity index (χ1v) is 5.84. The van der Waals surface area contributed by atoms with Crippen molar-refractivity contribution in [3.8, 4) is 5.75 Å². The summed E-state index contributed by atoms with van der Waals surface area (Å²) in [5.74, 6) is -2.07. The topological polar surface area (TPSA) is 99.5 Å². The van der Waals surface area contributed by atoms with Gasteiger partial charge >= 0.3 is 5.97 Å². The molecule has 20 heavy (non-hydrogen) atoms. The van der Waals surface area contributed by atoms with Crippen LogP contribution in [0.4, 0.5) is 5.69 Å². The molecule has 0 saturated heterocycles. The molecule has 0 aliphatic heterocycles. The molecule has 3 N–H and O–H groups in total. The van der Waals surface area contributed by atoms with Gasteiger partial charge in [-0.2, -0.15) is 0 Å². The predicted molar refractivity (Wildman–Crippen MR) is 72.3 cm³/mol. The van der Waals surface area contributed by atoms with Gasteiger partial charge < -0.3 is 15.5 Å². The van der Waals surface area contributed by atoms with Crippen molar-refractivity contribution >= 4 is 29.2 Å². The van der Waals surface area contributed by atoms with E-state index in [0.717, 1.165) is 6.07 Å². The summed E-state index contributed by atoms with van der Waals surface area (Å²) >= 11 is 5.86. The Balaban J connectivity index is 2.33. The largest absolute Gasteiger partial charge is 0.508 e. The molecule has 2 rings (SSSR count). The van der Waals surface area contributed by atoms with Crippen LogP contribution in [0.2, 0.25) is 5.02 Å². The molecule has 0 fully saturated rings. The summed E-state index contributed by atoms with van der Waals surface area (Å²) in [4.78, 5) is 26.8. The number of carboxylic acids is 1. The summed E-state index contributed by atoms with van der Waals surface area (Å²) in [6.45, 7) is 0. The highest BCUT2D eigenvalue weighted by atomic mass is 35.5. The van der Waals surface area contributed by atoms with E-state index in [9.17, 15) is 14.7 Å². The average Bonchev–Trinajstić information content (AvgIpc) is 2.41. The number of nitrogens with one attached hydrogen (secondary N) is 1. The third-order valence-corrected chi connectivity index (χ3v) is 2.82. The zero-order valence-electron chi connectivity index (χ0n) is 10.0. The molecule has 0 saturated carbocycles. The molecule has 1 heterocycles. The Bertz CT molecular complexity index is 688. The molecule has 0 aliphatic carbocycles. The van der Waals surface area contributed by atoms with Crippen LogP contribution in [0.25, 0.3) is 0 Å². The molecule has 6 nitrogen and oxygen atoms in total. The van der Waals surface area contributed by atoms with Gasteiger partial charge in [-0.05, 0) is 24.3 Å². The lowest BCUT2D eigenvalue weighted by molar-refractivity contribution is 0.0697. The van der Waals surface area contributed by atoms with Crippen molar-refractivity contribution in [2.75, 3.05) is 5.32 Å². The number of pyridine rings is 1. The number of nitrogens with zero attached hydrogens (tertiary/aromatic N) is 1. The first-order valence-electron chi connectivity index (χ1n) is 5.46. The number of hydrogen-bond donors (Lipinski definition) is 3. The van der Waals surface area contributed by atoms with Crippen molar-refractivity contribution in [1.82, 2.24) is 4.98 Å². The van der Waals surface area contributed by atoms with E-state index in [-0.39, 0.29) is 27.6 Å². The van der Waals surface area contributed by atoms with E-state index in [1.54, 1.807) is 0 Å². The van der Waals surface area contributed by atoms with E-state index in [1.165, 1.54) is 30.6 Å². The summed E-state index contributed by atoms with van der Waals surface area (Å²) in [6.07, 6.45) is 2.71. The summed E-state index contributed by atoms with van der Waals surface area (Å²) in [6, 6.07) is 5.06. The fraction of sp³-hybridized carbons (Fsp3) is 0. The molecule has 2 aromatic rings. The Kier molecular flexibility index (Phi) is 3.86. The minimum absolute atomic E-state index is 0.0558. The average molecular weight is 293 g/mol. The Morgan fingerprint density at radius 1 is 1.20 bits per heavy atom. The van der Waals surface area contributed by atoms with Crippen LogP contribution in [0.3, 0.4) is 0 Å². The van der Waals surface area contributed by atoms with E-state index in [0.29, 0.717) is 0 Å².